The van der Waals surface area contributed by atoms with Crippen LogP contribution in [0.3, 0.4) is 0 Å². The average molecular weight is 187 g/mol. The molecule has 1 atom stereocenters. The SMILES string of the molecule is OCC(O)COc1cccnc1F. The Morgan fingerprint density at radius 3 is 3.00 bits per heavy atom. The number of aromatic nitrogens is 1. The molecule has 0 saturated heterocycles. The minimum absolute atomic E-state index is 0.0324. The van der Waals surface area contributed by atoms with Crippen LogP contribution >= 0.6 is 0 Å². The Kier molecular flexibility index (Phi) is 3.60. The number of rotatable bonds is 4. The maximum Gasteiger partial charge on any atom is 0.255 e. The van der Waals surface area contributed by atoms with Crippen molar-refractivity contribution in [1.29, 1.82) is 0 Å². The quantitative estimate of drug-likeness (QED) is 0.649. The molecule has 1 aromatic rings. The minimum atomic E-state index is -1.00. The summed E-state index contributed by atoms with van der Waals surface area (Å²) in [6, 6.07) is 2.91. The summed E-state index contributed by atoms with van der Waals surface area (Å²) in [7, 11) is 0. The first-order valence-electron chi connectivity index (χ1n) is 3.76. The van der Waals surface area contributed by atoms with Gasteiger partial charge in [0.2, 0.25) is 0 Å². The third kappa shape index (κ3) is 2.96. The zero-order chi connectivity index (χ0) is 9.68. The van der Waals surface area contributed by atoms with Crippen LogP contribution in [0.4, 0.5) is 4.39 Å². The monoisotopic (exact) mass is 187 g/mol. The van der Waals surface area contributed by atoms with Gasteiger partial charge in [-0.3, -0.25) is 0 Å². The van der Waals surface area contributed by atoms with Gasteiger partial charge in [0, 0.05) is 6.20 Å². The van der Waals surface area contributed by atoms with E-state index in [0.29, 0.717) is 0 Å². The van der Waals surface area contributed by atoms with Gasteiger partial charge in [0.1, 0.15) is 12.7 Å². The highest BCUT2D eigenvalue weighted by Gasteiger charge is 2.06. The third-order valence-corrected chi connectivity index (χ3v) is 1.37. The summed E-state index contributed by atoms with van der Waals surface area (Å²) >= 11 is 0. The molecule has 4 nitrogen and oxygen atoms in total. The number of aliphatic hydroxyl groups is 2. The molecule has 0 spiro atoms. The van der Waals surface area contributed by atoms with Crippen LogP contribution in [0.25, 0.3) is 0 Å². The molecule has 0 aliphatic carbocycles. The molecular weight excluding hydrogens is 177 g/mol. The van der Waals surface area contributed by atoms with Gasteiger partial charge in [0.05, 0.1) is 6.61 Å². The number of hydrogen-bond donors (Lipinski definition) is 2. The summed E-state index contributed by atoms with van der Waals surface area (Å²) < 4.78 is 17.6. The van der Waals surface area contributed by atoms with Gasteiger partial charge in [-0.25, -0.2) is 4.98 Å². The summed E-state index contributed by atoms with van der Waals surface area (Å²) in [5.74, 6) is -0.761. The van der Waals surface area contributed by atoms with E-state index in [1.54, 1.807) is 0 Å². The molecule has 2 N–H and O–H groups in total. The number of nitrogens with zero attached hydrogens (tertiary/aromatic N) is 1. The number of ether oxygens (including phenoxy) is 1. The molecule has 0 bridgehead atoms. The van der Waals surface area contributed by atoms with E-state index in [1.807, 2.05) is 0 Å². The molecule has 5 heteroatoms. The van der Waals surface area contributed by atoms with E-state index in [9.17, 15) is 4.39 Å². The van der Waals surface area contributed by atoms with Crippen molar-refractivity contribution < 1.29 is 19.3 Å². The zero-order valence-corrected chi connectivity index (χ0v) is 6.85. The van der Waals surface area contributed by atoms with Crippen molar-refractivity contribution in [2.45, 2.75) is 6.10 Å². The predicted molar refractivity (Wildman–Crippen MR) is 42.8 cm³/mol. The van der Waals surface area contributed by atoms with Crippen LogP contribution in [0.15, 0.2) is 18.3 Å². The van der Waals surface area contributed by atoms with Crippen LogP contribution < -0.4 is 4.74 Å². The van der Waals surface area contributed by atoms with Gasteiger partial charge >= 0.3 is 0 Å². The molecule has 0 aromatic carbocycles. The predicted octanol–water partition coefficient (Wildman–Crippen LogP) is -0.0473. The Hall–Kier alpha value is -1.20. The molecule has 1 heterocycles. The fourth-order valence-corrected chi connectivity index (χ4v) is 0.718. The van der Waals surface area contributed by atoms with Gasteiger partial charge in [-0.1, -0.05) is 0 Å². The summed E-state index contributed by atoms with van der Waals surface area (Å²) in [6.45, 7) is -0.568. The van der Waals surface area contributed by atoms with Crippen LogP contribution in [0, 0.1) is 5.95 Å². The highest BCUT2D eigenvalue weighted by molar-refractivity contribution is 5.17. The van der Waals surface area contributed by atoms with Crippen molar-refractivity contribution in [3.8, 4) is 5.75 Å². The largest absolute Gasteiger partial charge is 0.486 e. The molecule has 0 radical (unpaired) electrons. The zero-order valence-electron chi connectivity index (χ0n) is 6.85. The first-order valence-corrected chi connectivity index (χ1v) is 3.76. The molecule has 0 aliphatic rings. The van der Waals surface area contributed by atoms with Crippen LogP contribution in [0.1, 0.15) is 0 Å². The first kappa shape index (κ1) is 9.88. The van der Waals surface area contributed by atoms with E-state index < -0.39 is 18.7 Å². The normalized spacial score (nSPS) is 12.5. The second kappa shape index (κ2) is 4.74. The number of pyridine rings is 1. The fourth-order valence-electron chi connectivity index (χ4n) is 0.718. The maximum absolute atomic E-state index is 12.8. The molecule has 1 rings (SSSR count). The summed E-state index contributed by atoms with van der Waals surface area (Å²) in [5.41, 5.74) is 0. The van der Waals surface area contributed by atoms with E-state index in [4.69, 9.17) is 14.9 Å². The third-order valence-electron chi connectivity index (χ3n) is 1.37. The first-order chi connectivity index (χ1) is 6.24. The molecule has 13 heavy (non-hydrogen) atoms. The second-order valence-corrected chi connectivity index (χ2v) is 2.44. The average Bonchev–Trinajstić information content (AvgIpc) is 2.16. The topological polar surface area (TPSA) is 62.6 Å². The van der Waals surface area contributed by atoms with Crippen molar-refractivity contribution >= 4 is 0 Å². The highest BCUT2D eigenvalue weighted by atomic mass is 19.1. The molecule has 0 aliphatic heterocycles. The van der Waals surface area contributed by atoms with Crippen molar-refractivity contribution in [3.05, 3.63) is 24.3 Å². The minimum Gasteiger partial charge on any atom is -0.486 e. The molecule has 0 saturated carbocycles. The van der Waals surface area contributed by atoms with Gasteiger partial charge in [0.15, 0.2) is 5.75 Å². The van der Waals surface area contributed by atoms with Crippen LogP contribution in [0.2, 0.25) is 0 Å². The van der Waals surface area contributed by atoms with Gasteiger partial charge in [-0.2, -0.15) is 4.39 Å². The van der Waals surface area contributed by atoms with Crippen molar-refractivity contribution in [2.75, 3.05) is 13.2 Å². The van der Waals surface area contributed by atoms with E-state index in [1.165, 1.54) is 18.3 Å². The van der Waals surface area contributed by atoms with Gasteiger partial charge in [-0.15, -0.1) is 0 Å². The molecule has 0 amide bonds. The Bertz CT molecular complexity index is 269. The van der Waals surface area contributed by atoms with E-state index in [0.717, 1.165) is 0 Å². The smallest absolute Gasteiger partial charge is 0.255 e. The molecule has 72 valence electrons. The Morgan fingerprint density at radius 2 is 2.38 bits per heavy atom. The van der Waals surface area contributed by atoms with Crippen LogP contribution in [-0.2, 0) is 0 Å². The van der Waals surface area contributed by atoms with Crippen molar-refractivity contribution in [2.24, 2.45) is 0 Å². The number of aliphatic hydroxyl groups excluding tert-OH is 2. The lowest BCUT2D eigenvalue weighted by molar-refractivity contribution is 0.0520. The van der Waals surface area contributed by atoms with Gasteiger partial charge in [0.25, 0.3) is 5.95 Å². The molecule has 1 unspecified atom stereocenters. The lowest BCUT2D eigenvalue weighted by Crippen LogP contribution is -2.21. The highest BCUT2D eigenvalue weighted by Crippen LogP contribution is 2.12. The molecular formula is C8H10FNO3. The Balaban J connectivity index is 2.50. The van der Waals surface area contributed by atoms with E-state index in [2.05, 4.69) is 4.98 Å². The Labute approximate surface area is 74.6 Å². The number of hydrogen-bond acceptors (Lipinski definition) is 4. The fraction of sp³-hybridized carbons (Fsp3) is 0.375. The summed E-state index contributed by atoms with van der Waals surface area (Å²) in [4.78, 5) is 3.35. The molecule has 1 aromatic heterocycles. The van der Waals surface area contributed by atoms with E-state index in [-0.39, 0.29) is 12.4 Å². The lowest BCUT2D eigenvalue weighted by Gasteiger charge is -2.09. The maximum atomic E-state index is 12.8. The van der Waals surface area contributed by atoms with Crippen molar-refractivity contribution in [3.63, 3.8) is 0 Å². The van der Waals surface area contributed by atoms with Crippen LogP contribution in [-0.4, -0.2) is 34.5 Å². The van der Waals surface area contributed by atoms with E-state index >= 15 is 0 Å². The molecule has 0 fully saturated rings. The van der Waals surface area contributed by atoms with Crippen LogP contribution in [0.5, 0.6) is 5.75 Å². The van der Waals surface area contributed by atoms with Gasteiger partial charge < -0.3 is 14.9 Å². The summed E-state index contributed by atoms with van der Waals surface area (Å²) in [5, 5.41) is 17.3. The number of halogens is 1. The second-order valence-electron chi connectivity index (χ2n) is 2.44. The summed E-state index contributed by atoms with van der Waals surface area (Å²) in [6.07, 6.45) is 0.296. The van der Waals surface area contributed by atoms with Gasteiger partial charge in [-0.05, 0) is 12.1 Å². The standard InChI is InChI=1S/C8H10FNO3/c9-8-7(2-1-3-10-8)13-5-6(12)4-11/h1-3,6,11-12H,4-5H2. The lowest BCUT2D eigenvalue weighted by atomic mass is 10.4. The van der Waals surface area contributed by atoms with Crippen molar-refractivity contribution in [1.82, 2.24) is 4.98 Å². The Morgan fingerprint density at radius 1 is 1.62 bits per heavy atom.